The monoisotopic (exact) mass is 251 g/mol. The van der Waals surface area contributed by atoms with Crippen molar-refractivity contribution in [3.8, 4) is 0 Å². The fourth-order valence-electron chi connectivity index (χ4n) is 1.97. The summed E-state index contributed by atoms with van der Waals surface area (Å²) in [4.78, 5) is 10.8. The molecule has 2 N–H and O–H groups in total. The molecule has 0 amide bonds. The van der Waals surface area contributed by atoms with Gasteiger partial charge in [-0.1, -0.05) is 12.1 Å². The highest BCUT2D eigenvalue weighted by molar-refractivity contribution is 7.99. The van der Waals surface area contributed by atoms with Gasteiger partial charge in [-0.15, -0.1) is 0 Å². The summed E-state index contributed by atoms with van der Waals surface area (Å²) < 4.78 is 0. The Morgan fingerprint density at radius 3 is 3.12 bits per heavy atom. The second-order valence-electron chi connectivity index (χ2n) is 4.28. The van der Waals surface area contributed by atoms with Crippen LogP contribution in [0.1, 0.15) is 28.8 Å². The first-order chi connectivity index (χ1) is 8.25. The maximum Gasteiger partial charge on any atom is 0.335 e. The molecule has 1 heterocycles. The van der Waals surface area contributed by atoms with Crippen molar-refractivity contribution in [2.24, 2.45) is 0 Å². The van der Waals surface area contributed by atoms with Crippen LogP contribution in [0.3, 0.4) is 0 Å². The van der Waals surface area contributed by atoms with E-state index in [0.29, 0.717) is 10.8 Å². The van der Waals surface area contributed by atoms with Crippen LogP contribution in [0.25, 0.3) is 0 Å². The molecule has 1 aromatic rings. The normalized spacial score (nSPS) is 20.1. The Morgan fingerprint density at radius 1 is 1.53 bits per heavy atom. The molecule has 0 aromatic heterocycles. The molecule has 0 saturated carbocycles. The second-order valence-corrected chi connectivity index (χ2v) is 5.57. The van der Waals surface area contributed by atoms with Crippen molar-refractivity contribution in [2.45, 2.75) is 23.8 Å². The fraction of sp³-hybridized carbons (Fsp3) is 0.462. The van der Waals surface area contributed by atoms with E-state index in [1.165, 1.54) is 12.8 Å². The highest BCUT2D eigenvalue weighted by atomic mass is 32.2. The lowest BCUT2D eigenvalue weighted by Gasteiger charge is -2.22. The van der Waals surface area contributed by atoms with Gasteiger partial charge in [-0.05, 0) is 37.1 Å². The zero-order valence-corrected chi connectivity index (χ0v) is 10.5. The average molecular weight is 251 g/mol. The van der Waals surface area contributed by atoms with Crippen LogP contribution in [0.5, 0.6) is 0 Å². The first-order valence-corrected chi connectivity index (χ1v) is 6.95. The Bertz CT molecular complexity index is 389. The predicted molar refractivity (Wildman–Crippen MR) is 70.6 cm³/mol. The number of nitrogens with one attached hydrogen (secondary N) is 1. The van der Waals surface area contributed by atoms with E-state index in [0.717, 1.165) is 24.4 Å². The molecule has 0 radical (unpaired) electrons. The van der Waals surface area contributed by atoms with E-state index in [9.17, 15) is 4.79 Å². The van der Waals surface area contributed by atoms with Gasteiger partial charge in [-0.3, -0.25) is 0 Å². The van der Waals surface area contributed by atoms with Crippen molar-refractivity contribution in [3.63, 3.8) is 0 Å². The maximum absolute atomic E-state index is 10.8. The summed E-state index contributed by atoms with van der Waals surface area (Å²) in [7, 11) is 0. The Morgan fingerprint density at radius 2 is 2.41 bits per heavy atom. The van der Waals surface area contributed by atoms with E-state index in [4.69, 9.17) is 5.11 Å². The van der Waals surface area contributed by atoms with Crippen molar-refractivity contribution in [1.82, 2.24) is 5.32 Å². The number of piperidine rings is 1. The molecule has 0 bridgehead atoms. The lowest BCUT2D eigenvalue weighted by atomic mass is 10.1. The second kappa shape index (κ2) is 6.07. The molecule has 0 aliphatic carbocycles. The number of aromatic carboxylic acids is 1. The molecule has 17 heavy (non-hydrogen) atoms. The third kappa shape index (κ3) is 3.75. The molecule has 0 spiro atoms. The number of carboxylic acid groups (broad SMARTS) is 1. The van der Waals surface area contributed by atoms with Crippen LogP contribution < -0.4 is 5.32 Å². The predicted octanol–water partition coefficient (Wildman–Crippen LogP) is 2.37. The van der Waals surface area contributed by atoms with Crippen molar-refractivity contribution >= 4 is 17.7 Å². The van der Waals surface area contributed by atoms with Gasteiger partial charge in [0.2, 0.25) is 0 Å². The molecule has 2 rings (SSSR count). The zero-order chi connectivity index (χ0) is 12.1. The smallest absolute Gasteiger partial charge is 0.335 e. The van der Waals surface area contributed by atoms with Gasteiger partial charge in [0.05, 0.1) is 5.56 Å². The summed E-state index contributed by atoms with van der Waals surface area (Å²) >= 11 is 1.92. The quantitative estimate of drug-likeness (QED) is 0.862. The standard InChI is InChI=1S/C13H17NO2S/c15-13(16)11-4-1-3-10(7-11)9-17-12-5-2-6-14-8-12/h1,3-4,7,12,14H,2,5-6,8-9H2,(H,15,16). The summed E-state index contributed by atoms with van der Waals surface area (Å²) in [5.41, 5.74) is 1.48. The van der Waals surface area contributed by atoms with Crippen LogP contribution >= 0.6 is 11.8 Å². The van der Waals surface area contributed by atoms with Crippen molar-refractivity contribution < 1.29 is 9.90 Å². The van der Waals surface area contributed by atoms with Crippen LogP contribution in [0.15, 0.2) is 24.3 Å². The third-order valence-corrected chi connectivity index (χ3v) is 4.29. The van der Waals surface area contributed by atoms with E-state index >= 15 is 0 Å². The average Bonchev–Trinajstić information content (AvgIpc) is 2.38. The van der Waals surface area contributed by atoms with Gasteiger partial charge in [-0.25, -0.2) is 4.79 Å². The van der Waals surface area contributed by atoms with Crippen LogP contribution in [-0.4, -0.2) is 29.4 Å². The molecule has 1 unspecified atom stereocenters. The van der Waals surface area contributed by atoms with E-state index in [1.807, 2.05) is 23.9 Å². The number of hydrogen-bond donors (Lipinski definition) is 2. The summed E-state index contributed by atoms with van der Waals surface area (Å²) in [5.74, 6) is 0.0455. The van der Waals surface area contributed by atoms with Crippen LogP contribution in [0.4, 0.5) is 0 Å². The van der Waals surface area contributed by atoms with Crippen LogP contribution in [-0.2, 0) is 5.75 Å². The molecule has 1 saturated heterocycles. The molecule has 1 aliphatic rings. The minimum atomic E-state index is -0.851. The van der Waals surface area contributed by atoms with E-state index in [1.54, 1.807) is 12.1 Å². The fourth-order valence-corrected chi connectivity index (χ4v) is 3.15. The molecule has 1 fully saturated rings. The summed E-state index contributed by atoms with van der Waals surface area (Å²) in [5, 5.41) is 13.0. The summed E-state index contributed by atoms with van der Waals surface area (Å²) in [6.07, 6.45) is 2.50. The number of carboxylic acids is 1. The maximum atomic E-state index is 10.8. The van der Waals surface area contributed by atoms with Gasteiger partial charge in [0, 0.05) is 17.5 Å². The largest absolute Gasteiger partial charge is 0.478 e. The van der Waals surface area contributed by atoms with E-state index < -0.39 is 5.97 Å². The molecule has 1 aromatic carbocycles. The van der Waals surface area contributed by atoms with Gasteiger partial charge in [0.25, 0.3) is 0 Å². The number of thioether (sulfide) groups is 1. The van der Waals surface area contributed by atoms with Crippen molar-refractivity contribution in [2.75, 3.05) is 13.1 Å². The molecule has 92 valence electrons. The molecule has 3 nitrogen and oxygen atoms in total. The van der Waals surface area contributed by atoms with Gasteiger partial charge < -0.3 is 10.4 Å². The number of carbonyl (C=O) groups is 1. The van der Waals surface area contributed by atoms with Crippen molar-refractivity contribution in [3.05, 3.63) is 35.4 Å². The van der Waals surface area contributed by atoms with E-state index in [2.05, 4.69) is 5.32 Å². The zero-order valence-electron chi connectivity index (χ0n) is 9.69. The molecular weight excluding hydrogens is 234 g/mol. The SMILES string of the molecule is O=C(O)c1cccc(CSC2CCCNC2)c1. The minimum absolute atomic E-state index is 0.380. The number of rotatable bonds is 4. The number of hydrogen-bond acceptors (Lipinski definition) is 3. The Kier molecular flexibility index (Phi) is 4.45. The lowest BCUT2D eigenvalue weighted by Crippen LogP contribution is -2.31. The lowest BCUT2D eigenvalue weighted by molar-refractivity contribution is 0.0697. The summed E-state index contributed by atoms with van der Waals surface area (Å²) in [6.45, 7) is 2.20. The van der Waals surface area contributed by atoms with E-state index in [-0.39, 0.29) is 0 Å². The first-order valence-electron chi connectivity index (χ1n) is 5.90. The van der Waals surface area contributed by atoms with Gasteiger partial charge in [0.15, 0.2) is 0 Å². The Labute approximate surface area is 106 Å². The molecule has 4 heteroatoms. The van der Waals surface area contributed by atoms with Gasteiger partial charge in [0.1, 0.15) is 0 Å². The van der Waals surface area contributed by atoms with Crippen LogP contribution in [0, 0.1) is 0 Å². The minimum Gasteiger partial charge on any atom is -0.478 e. The molecule has 1 aliphatic heterocycles. The highest BCUT2D eigenvalue weighted by Gasteiger charge is 2.13. The topological polar surface area (TPSA) is 49.3 Å². The first kappa shape index (κ1) is 12.5. The molecular formula is C13H17NO2S. The summed E-state index contributed by atoms with van der Waals surface area (Å²) in [6, 6.07) is 7.22. The number of benzene rings is 1. The molecule has 1 atom stereocenters. The Balaban J connectivity index is 1.89. The Hall–Kier alpha value is -1.00. The van der Waals surface area contributed by atoms with Gasteiger partial charge >= 0.3 is 5.97 Å². The van der Waals surface area contributed by atoms with Crippen molar-refractivity contribution in [1.29, 1.82) is 0 Å². The highest BCUT2D eigenvalue weighted by Crippen LogP contribution is 2.23. The van der Waals surface area contributed by atoms with Crippen LogP contribution in [0.2, 0.25) is 0 Å². The third-order valence-electron chi connectivity index (χ3n) is 2.91. The van der Waals surface area contributed by atoms with Gasteiger partial charge in [-0.2, -0.15) is 11.8 Å².